The molecule has 3 rings (SSSR count). The molecule has 2 aromatic carbocycles. The summed E-state index contributed by atoms with van der Waals surface area (Å²) in [7, 11) is 0. The van der Waals surface area contributed by atoms with Crippen molar-refractivity contribution >= 4 is 27.5 Å². The third-order valence-corrected chi connectivity index (χ3v) is 4.86. The minimum atomic E-state index is -0.744. The summed E-state index contributed by atoms with van der Waals surface area (Å²) >= 11 is 3.40. The van der Waals surface area contributed by atoms with Crippen molar-refractivity contribution in [2.45, 2.75) is 26.8 Å². The van der Waals surface area contributed by atoms with Crippen LogP contribution in [0.5, 0.6) is 0 Å². The maximum Gasteiger partial charge on any atom is 0.267 e. The summed E-state index contributed by atoms with van der Waals surface area (Å²) in [4.78, 5) is 25.0. The number of aryl methyl sites for hydroxylation is 2. The first-order chi connectivity index (χ1) is 12.8. The highest BCUT2D eigenvalue weighted by Gasteiger charge is 2.19. The van der Waals surface area contributed by atoms with Gasteiger partial charge >= 0.3 is 0 Å². The quantitative estimate of drug-likeness (QED) is 0.669. The summed E-state index contributed by atoms with van der Waals surface area (Å²) in [6.07, 6.45) is 0. The van der Waals surface area contributed by atoms with E-state index in [1.165, 1.54) is 10.7 Å². The molecular formula is C21H20BrN3O2. The van der Waals surface area contributed by atoms with Crippen LogP contribution in [0.25, 0.3) is 11.3 Å². The molecule has 3 aromatic rings. The van der Waals surface area contributed by atoms with Crippen LogP contribution < -0.4 is 10.9 Å². The molecule has 138 valence electrons. The van der Waals surface area contributed by atoms with E-state index in [2.05, 4.69) is 26.3 Å². The average molecular weight is 426 g/mol. The van der Waals surface area contributed by atoms with Crippen molar-refractivity contribution < 1.29 is 4.79 Å². The number of nitrogens with zero attached hydrogens (tertiary/aromatic N) is 2. The molecule has 0 bridgehead atoms. The molecule has 0 saturated carbocycles. The molecule has 27 heavy (non-hydrogen) atoms. The first-order valence-electron chi connectivity index (χ1n) is 8.59. The molecule has 0 radical (unpaired) electrons. The number of carbonyl (C=O) groups excluding carboxylic acids is 1. The van der Waals surface area contributed by atoms with Crippen LogP contribution in [0, 0.1) is 13.8 Å². The molecule has 0 aliphatic carbocycles. The lowest BCUT2D eigenvalue weighted by Gasteiger charge is -2.16. The van der Waals surface area contributed by atoms with Crippen LogP contribution in [0.15, 0.2) is 63.9 Å². The minimum Gasteiger partial charge on any atom is -0.324 e. The van der Waals surface area contributed by atoms with Gasteiger partial charge in [-0.1, -0.05) is 45.8 Å². The second-order valence-corrected chi connectivity index (χ2v) is 7.41. The third kappa shape index (κ3) is 4.34. The van der Waals surface area contributed by atoms with Crippen molar-refractivity contribution in [3.63, 3.8) is 0 Å². The van der Waals surface area contributed by atoms with E-state index in [-0.39, 0.29) is 11.5 Å². The van der Waals surface area contributed by atoms with Crippen molar-refractivity contribution in [2.75, 3.05) is 5.32 Å². The first kappa shape index (κ1) is 19.0. The maximum atomic E-state index is 12.7. The number of halogens is 1. The average Bonchev–Trinajstić information content (AvgIpc) is 2.64. The SMILES string of the molecule is Cc1ccc(-c2ccc(=O)n(C(C)C(=O)Nc3ccc(Br)cc3C)n2)cc1. The summed E-state index contributed by atoms with van der Waals surface area (Å²) in [5.74, 6) is -0.295. The Kier molecular flexibility index (Phi) is 5.56. The number of amides is 1. The highest BCUT2D eigenvalue weighted by molar-refractivity contribution is 9.10. The smallest absolute Gasteiger partial charge is 0.267 e. The highest BCUT2D eigenvalue weighted by atomic mass is 79.9. The standard InChI is InChI=1S/C21H20BrN3O2/c1-13-4-6-16(7-5-13)19-10-11-20(26)25(24-19)15(3)21(27)23-18-9-8-17(22)12-14(18)2/h4-12,15H,1-3H3,(H,23,27). The molecule has 0 spiro atoms. The number of aromatic nitrogens is 2. The van der Waals surface area contributed by atoms with Gasteiger partial charge < -0.3 is 5.32 Å². The summed E-state index contributed by atoms with van der Waals surface area (Å²) in [6.45, 7) is 5.58. The monoisotopic (exact) mass is 425 g/mol. The summed E-state index contributed by atoms with van der Waals surface area (Å²) in [5.41, 5.74) is 4.00. The lowest BCUT2D eigenvalue weighted by molar-refractivity contribution is -0.119. The van der Waals surface area contributed by atoms with Gasteiger partial charge in [0.15, 0.2) is 0 Å². The molecule has 0 aliphatic rings. The van der Waals surface area contributed by atoms with E-state index in [0.717, 1.165) is 21.2 Å². The molecule has 0 aliphatic heterocycles. The van der Waals surface area contributed by atoms with Crippen LogP contribution in [0.3, 0.4) is 0 Å². The topological polar surface area (TPSA) is 64.0 Å². The Balaban J connectivity index is 1.88. The number of anilines is 1. The fourth-order valence-electron chi connectivity index (χ4n) is 2.70. The van der Waals surface area contributed by atoms with Gasteiger partial charge in [-0.2, -0.15) is 5.10 Å². The van der Waals surface area contributed by atoms with Crippen molar-refractivity contribution in [2.24, 2.45) is 0 Å². The molecule has 5 nitrogen and oxygen atoms in total. The molecule has 0 fully saturated rings. The van der Waals surface area contributed by atoms with Gasteiger partial charge in [-0.05, 0) is 50.6 Å². The highest BCUT2D eigenvalue weighted by Crippen LogP contribution is 2.21. The Hall–Kier alpha value is -2.73. The molecular weight excluding hydrogens is 406 g/mol. The zero-order valence-electron chi connectivity index (χ0n) is 15.4. The van der Waals surface area contributed by atoms with E-state index in [1.807, 2.05) is 56.3 Å². The Morgan fingerprint density at radius 2 is 1.78 bits per heavy atom. The van der Waals surface area contributed by atoms with Gasteiger partial charge in [-0.3, -0.25) is 9.59 Å². The summed E-state index contributed by atoms with van der Waals surface area (Å²) < 4.78 is 2.16. The van der Waals surface area contributed by atoms with Crippen LogP contribution in [-0.4, -0.2) is 15.7 Å². The Bertz CT molecular complexity index is 1040. The zero-order valence-corrected chi connectivity index (χ0v) is 16.9. The van der Waals surface area contributed by atoms with E-state index >= 15 is 0 Å². The maximum absolute atomic E-state index is 12.7. The number of hydrogen-bond donors (Lipinski definition) is 1. The van der Waals surface area contributed by atoms with Crippen molar-refractivity contribution in [1.82, 2.24) is 9.78 Å². The van der Waals surface area contributed by atoms with Crippen LogP contribution in [0.4, 0.5) is 5.69 Å². The first-order valence-corrected chi connectivity index (χ1v) is 9.38. The van der Waals surface area contributed by atoms with E-state index in [9.17, 15) is 9.59 Å². The van der Waals surface area contributed by atoms with Crippen molar-refractivity contribution in [1.29, 1.82) is 0 Å². The second kappa shape index (κ2) is 7.88. The number of carbonyl (C=O) groups is 1. The van der Waals surface area contributed by atoms with E-state index in [1.54, 1.807) is 13.0 Å². The normalized spacial score (nSPS) is 11.9. The van der Waals surface area contributed by atoms with Crippen LogP contribution >= 0.6 is 15.9 Å². The fraction of sp³-hybridized carbons (Fsp3) is 0.190. The van der Waals surface area contributed by atoms with E-state index < -0.39 is 6.04 Å². The van der Waals surface area contributed by atoms with Gasteiger partial charge in [-0.25, -0.2) is 4.68 Å². The minimum absolute atomic E-state index is 0.295. The zero-order chi connectivity index (χ0) is 19.6. The predicted molar refractivity (Wildman–Crippen MR) is 111 cm³/mol. The molecule has 1 amide bonds. The molecule has 0 saturated heterocycles. The van der Waals surface area contributed by atoms with Gasteiger partial charge in [0.05, 0.1) is 5.69 Å². The van der Waals surface area contributed by atoms with Crippen molar-refractivity contribution in [3.05, 3.63) is 80.6 Å². The number of rotatable bonds is 4. The Morgan fingerprint density at radius 3 is 2.44 bits per heavy atom. The molecule has 1 aromatic heterocycles. The number of hydrogen-bond acceptors (Lipinski definition) is 3. The molecule has 1 atom stereocenters. The Morgan fingerprint density at radius 1 is 1.07 bits per heavy atom. The lowest BCUT2D eigenvalue weighted by atomic mass is 10.1. The number of benzene rings is 2. The van der Waals surface area contributed by atoms with Gasteiger partial charge in [0, 0.05) is 21.8 Å². The van der Waals surface area contributed by atoms with E-state index in [0.29, 0.717) is 11.4 Å². The fourth-order valence-corrected chi connectivity index (χ4v) is 3.17. The van der Waals surface area contributed by atoms with Gasteiger partial charge in [0.1, 0.15) is 6.04 Å². The van der Waals surface area contributed by atoms with Crippen LogP contribution in [-0.2, 0) is 4.79 Å². The third-order valence-electron chi connectivity index (χ3n) is 4.37. The van der Waals surface area contributed by atoms with Gasteiger partial charge in [-0.15, -0.1) is 0 Å². The van der Waals surface area contributed by atoms with Crippen LogP contribution in [0.2, 0.25) is 0 Å². The number of nitrogens with one attached hydrogen (secondary N) is 1. The van der Waals surface area contributed by atoms with Crippen molar-refractivity contribution in [3.8, 4) is 11.3 Å². The molecule has 1 unspecified atom stereocenters. The second-order valence-electron chi connectivity index (χ2n) is 6.49. The van der Waals surface area contributed by atoms with E-state index in [4.69, 9.17) is 0 Å². The molecule has 6 heteroatoms. The molecule has 1 heterocycles. The summed E-state index contributed by atoms with van der Waals surface area (Å²) in [5, 5.41) is 7.28. The predicted octanol–water partition coefficient (Wildman–Crippen LogP) is 4.49. The lowest BCUT2D eigenvalue weighted by Crippen LogP contribution is -2.33. The Labute approximate surface area is 166 Å². The largest absolute Gasteiger partial charge is 0.324 e. The van der Waals surface area contributed by atoms with Gasteiger partial charge in [0.25, 0.3) is 5.56 Å². The van der Waals surface area contributed by atoms with Crippen LogP contribution in [0.1, 0.15) is 24.1 Å². The van der Waals surface area contributed by atoms with Gasteiger partial charge in [0.2, 0.25) is 5.91 Å². The summed E-state index contributed by atoms with van der Waals surface area (Å²) in [6, 6.07) is 15.8. The molecule has 1 N–H and O–H groups in total.